The molecule has 0 radical (unpaired) electrons. The summed E-state index contributed by atoms with van der Waals surface area (Å²) in [5.74, 6) is 0.0893. The minimum absolute atomic E-state index is 0.0893. The second-order valence-electron chi connectivity index (χ2n) is 5.88. The van der Waals surface area contributed by atoms with E-state index in [-0.39, 0.29) is 12.0 Å². The lowest BCUT2D eigenvalue weighted by Gasteiger charge is -2.38. The lowest BCUT2D eigenvalue weighted by Crippen LogP contribution is -2.47. The van der Waals surface area contributed by atoms with Gasteiger partial charge in [0.1, 0.15) is 0 Å². The SMILES string of the molecule is C[C@@H](O)CN1CCC2(CC1)C(=O)Nc1ccc(Cl)cc12. The second kappa shape index (κ2) is 5.02. The fourth-order valence-corrected chi connectivity index (χ4v) is 3.55. The molecule has 1 amide bonds. The summed E-state index contributed by atoms with van der Waals surface area (Å²) < 4.78 is 0. The maximum atomic E-state index is 12.4. The average Bonchev–Trinajstić information content (AvgIpc) is 2.65. The number of halogens is 1. The number of hydrogen-bond acceptors (Lipinski definition) is 3. The van der Waals surface area contributed by atoms with Crippen molar-refractivity contribution in [3.05, 3.63) is 28.8 Å². The Morgan fingerprint density at radius 1 is 1.45 bits per heavy atom. The van der Waals surface area contributed by atoms with Gasteiger partial charge in [-0.15, -0.1) is 0 Å². The Labute approximate surface area is 123 Å². The Hall–Kier alpha value is -1.10. The average molecular weight is 295 g/mol. The van der Waals surface area contributed by atoms with Gasteiger partial charge in [-0.1, -0.05) is 11.6 Å². The first-order chi connectivity index (χ1) is 9.51. The Morgan fingerprint density at radius 3 is 2.80 bits per heavy atom. The number of nitrogens with one attached hydrogen (secondary N) is 1. The fourth-order valence-electron chi connectivity index (χ4n) is 3.37. The maximum absolute atomic E-state index is 12.4. The highest BCUT2D eigenvalue weighted by Gasteiger charge is 2.48. The van der Waals surface area contributed by atoms with E-state index in [4.69, 9.17) is 11.6 Å². The molecule has 3 rings (SSSR count). The first-order valence-corrected chi connectivity index (χ1v) is 7.41. The summed E-state index contributed by atoms with van der Waals surface area (Å²) in [6, 6.07) is 5.61. The number of hydrogen-bond donors (Lipinski definition) is 2. The van der Waals surface area contributed by atoms with Crippen LogP contribution in [-0.4, -0.2) is 41.7 Å². The number of rotatable bonds is 2. The van der Waals surface area contributed by atoms with Gasteiger partial charge < -0.3 is 15.3 Å². The third-order valence-electron chi connectivity index (χ3n) is 4.41. The predicted molar refractivity (Wildman–Crippen MR) is 79.1 cm³/mol. The van der Waals surface area contributed by atoms with E-state index in [1.165, 1.54) is 0 Å². The Balaban J connectivity index is 1.84. The van der Waals surface area contributed by atoms with Gasteiger partial charge in [-0.3, -0.25) is 4.79 Å². The van der Waals surface area contributed by atoms with Gasteiger partial charge in [0.05, 0.1) is 11.5 Å². The number of likely N-dealkylation sites (tertiary alicyclic amines) is 1. The molecule has 2 heterocycles. The molecule has 0 aliphatic carbocycles. The number of carbonyl (C=O) groups is 1. The minimum atomic E-state index is -0.435. The van der Waals surface area contributed by atoms with Crippen LogP contribution >= 0.6 is 11.6 Å². The van der Waals surface area contributed by atoms with Gasteiger partial charge >= 0.3 is 0 Å². The molecule has 1 aromatic rings. The van der Waals surface area contributed by atoms with E-state index in [1.807, 2.05) is 18.2 Å². The van der Waals surface area contributed by atoms with Crippen molar-refractivity contribution in [1.82, 2.24) is 4.90 Å². The van der Waals surface area contributed by atoms with E-state index in [2.05, 4.69) is 10.2 Å². The predicted octanol–water partition coefficient (Wildman–Crippen LogP) is 2.01. The number of aliphatic hydroxyl groups is 1. The molecule has 1 saturated heterocycles. The molecular weight excluding hydrogens is 276 g/mol. The standard InChI is InChI=1S/C15H19ClN2O2/c1-10(19)9-18-6-4-15(5-7-18)12-8-11(16)2-3-13(12)17-14(15)20/h2-3,8,10,19H,4-7,9H2,1H3,(H,17,20)/t10-/m1/s1. The molecule has 20 heavy (non-hydrogen) atoms. The van der Waals surface area contributed by atoms with Crippen LogP contribution in [0.1, 0.15) is 25.3 Å². The van der Waals surface area contributed by atoms with Crippen molar-refractivity contribution in [3.63, 3.8) is 0 Å². The molecule has 2 N–H and O–H groups in total. The van der Waals surface area contributed by atoms with Gasteiger partial charge in [0.25, 0.3) is 0 Å². The summed E-state index contributed by atoms with van der Waals surface area (Å²) in [4.78, 5) is 14.6. The third kappa shape index (κ3) is 2.22. The van der Waals surface area contributed by atoms with E-state index in [0.29, 0.717) is 11.6 Å². The molecule has 0 saturated carbocycles. The molecule has 1 spiro atoms. The summed E-state index contributed by atoms with van der Waals surface area (Å²) in [7, 11) is 0. The first kappa shape index (κ1) is 13.9. The highest BCUT2D eigenvalue weighted by atomic mass is 35.5. The number of β-amino-alcohol motifs (C(OH)–C–C–N with tert-alkyl or cyclic N) is 1. The van der Waals surface area contributed by atoms with Gasteiger partial charge in [-0.2, -0.15) is 0 Å². The fraction of sp³-hybridized carbons (Fsp3) is 0.533. The Kier molecular flexibility index (Phi) is 3.48. The van der Waals surface area contributed by atoms with Gasteiger partial charge in [0.2, 0.25) is 5.91 Å². The number of anilines is 1. The van der Waals surface area contributed by atoms with Crippen molar-refractivity contribution in [3.8, 4) is 0 Å². The molecule has 5 heteroatoms. The summed E-state index contributed by atoms with van der Waals surface area (Å²) >= 11 is 6.09. The van der Waals surface area contributed by atoms with Crippen LogP contribution in [0.25, 0.3) is 0 Å². The first-order valence-electron chi connectivity index (χ1n) is 7.03. The van der Waals surface area contributed by atoms with Crippen LogP contribution in [0.3, 0.4) is 0 Å². The van der Waals surface area contributed by atoms with Crippen LogP contribution < -0.4 is 5.32 Å². The van der Waals surface area contributed by atoms with Crippen molar-refractivity contribution in [2.24, 2.45) is 0 Å². The monoisotopic (exact) mass is 294 g/mol. The van der Waals surface area contributed by atoms with E-state index in [0.717, 1.165) is 37.2 Å². The number of piperidine rings is 1. The number of aliphatic hydroxyl groups excluding tert-OH is 1. The topological polar surface area (TPSA) is 52.6 Å². The van der Waals surface area contributed by atoms with Crippen LogP contribution in [0.5, 0.6) is 0 Å². The van der Waals surface area contributed by atoms with E-state index >= 15 is 0 Å². The van der Waals surface area contributed by atoms with Crippen LogP contribution in [0.2, 0.25) is 5.02 Å². The number of nitrogens with zero attached hydrogens (tertiary/aromatic N) is 1. The lowest BCUT2D eigenvalue weighted by molar-refractivity contribution is -0.122. The quantitative estimate of drug-likeness (QED) is 0.877. The largest absolute Gasteiger partial charge is 0.392 e. The molecule has 0 aromatic heterocycles. The Morgan fingerprint density at radius 2 is 2.15 bits per heavy atom. The molecule has 0 unspecified atom stereocenters. The molecule has 1 fully saturated rings. The molecule has 0 bridgehead atoms. The zero-order valence-electron chi connectivity index (χ0n) is 11.5. The number of benzene rings is 1. The molecule has 2 aliphatic heterocycles. The van der Waals surface area contributed by atoms with Crippen molar-refractivity contribution in [2.75, 3.05) is 25.0 Å². The van der Waals surface area contributed by atoms with E-state index < -0.39 is 5.41 Å². The van der Waals surface area contributed by atoms with Crippen molar-refractivity contribution < 1.29 is 9.90 Å². The van der Waals surface area contributed by atoms with Crippen molar-refractivity contribution in [2.45, 2.75) is 31.3 Å². The smallest absolute Gasteiger partial charge is 0.235 e. The van der Waals surface area contributed by atoms with Crippen LogP contribution in [0.15, 0.2) is 18.2 Å². The van der Waals surface area contributed by atoms with Crippen LogP contribution in [-0.2, 0) is 10.2 Å². The minimum Gasteiger partial charge on any atom is -0.392 e. The summed E-state index contributed by atoms with van der Waals surface area (Å²) in [6.45, 7) is 4.11. The van der Waals surface area contributed by atoms with Gasteiger partial charge in [-0.25, -0.2) is 0 Å². The molecule has 1 aromatic carbocycles. The van der Waals surface area contributed by atoms with Crippen molar-refractivity contribution in [1.29, 1.82) is 0 Å². The van der Waals surface area contributed by atoms with Gasteiger partial charge in [0.15, 0.2) is 0 Å². The number of fused-ring (bicyclic) bond motifs is 2. The zero-order valence-corrected chi connectivity index (χ0v) is 12.3. The van der Waals surface area contributed by atoms with Crippen LogP contribution in [0, 0.1) is 0 Å². The molecule has 2 aliphatic rings. The summed E-state index contributed by atoms with van der Waals surface area (Å²) in [5, 5.41) is 13.1. The zero-order chi connectivity index (χ0) is 14.3. The lowest BCUT2D eigenvalue weighted by atomic mass is 9.73. The second-order valence-corrected chi connectivity index (χ2v) is 6.31. The third-order valence-corrected chi connectivity index (χ3v) is 4.65. The summed E-state index contributed by atoms with van der Waals surface area (Å²) in [5.41, 5.74) is 1.49. The highest BCUT2D eigenvalue weighted by Crippen LogP contribution is 2.45. The van der Waals surface area contributed by atoms with Gasteiger partial charge in [0, 0.05) is 17.3 Å². The van der Waals surface area contributed by atoms with Crippen molar-refractivity contribution >= 4 is 23.2 Å². The molecule has 108 valence electrons. The number of carbonyl (C=O) groups excluding carboxylic acids is 1. The molecule has 1 atom stereocenters. The highest BCUT2D eigenvalue weighted by molar-refractivity contribution is 6.31. The van der Waals surface area contributed by atoms with E-state index in [9.17, 15) is 9.90 Å². The van der Waals surface area contributed by atoms with Gasteiger partial charge in [-0.05, 0) is 56.6 Å². The maximum Gasteiger partial charge on any atom is 0.235 e. The molecular formula is C15H19ClN2O2. The summed E-state index contributed by atoms with van der Waals surface area (Å²) in [6.07, 6.45) is 1.22. The van der Waals surface area contributed by atoms with E-state index in [1.54, 1.807) is 6.92 Å². The molecule has 4 nitrogen and oxygen atoms in total. The normalized spacial score (nSPS) is 22.6. The Bertz CT molecular complexity index is 537. The number of amides is 1. The van der Waals surface area contributed by atoms with Crippen LogP contribution in [0.4, 0.5) is 5.69 Å².